The van der Waals surface area contributed by atoms with Gasteiger partial charge in [0.2, 0.25) is 0 Å². The smallest absolute Gasteiger partial charge is 0.310 e. The lowest BCUT2D eigenvalue weighted by Gasteiger charge is -2.31. The molecule has 0 aliphatic carbocycles. The molecule has 2 unspecified atom stereocenters. The summed E-state index contributed by atoms with van der Waals surface area (Å²) in [6.07, 6.45) is 1.88. The Morgan fingerprint density at radius 3 is 2.83 bits per heavy atom. The molecule has 2 rings (SSSR count). The van der Waals surface area contributed by atoms with Gasteiger partial charge in [0.25, 0.3) is 0 Å². The van der Waals surface area contributed by atoms with Gasteiger partial charge in [-0.15, -0.1) is 0 Å². The van der Waals surface area contributed by atoms with E-state index in [1.807, 2.05) is 31.2 Å². The number of benzene rings is 1. The number of rotatable bonds is 3. The number of carbonyl (C=O) groups is 1. The number of nitrogens with two attached hydrogens (primary N) is 1. The fraction of sp³-hybridized carbons (Fsp3) is 0.500. The molecular formula is C14H20N2O2. The summed E-state index contributed by atoms with van der Waals surface area (Å²) in [5.74, 6) is -0.200. The Labute approximate surface area is 108 Å². The average molecular weight is 248 g/mol. The normalized spacial score (nSPS) is 23.6. The molecule has 2 atom stereocenters. The molecule has 1 aliphatic heterocycles. The molecule has 0 spiro atoms. The van der Waals surface area contributed by atoms with Crippen molar-refractivity contribution in [3.8, 4) is 0 Å². The Morgan fingerprint density at radius 2 is 2.17 bits per heavy atom. The van der Waals surface area contributed by atoms with Crippen LogP contribution in [0.1, 0.15) is 31.4 Å². The zero-order valence-electron chi connectivity index (χ0n) is 10.7. The van der Waals surface area contributed by atoms with Gasteiger partial charge < -0.3 is 15.8 Å². The molecule has 0 saturated carbocycles. The van der Waals surface area contributed by atoms with Gasteiger partial charge in [-0.3, -0.25) is 4.79 Å². The van der Waals surface area contributed by atoms with Crippen LogP contribution in [0.5, 0.6) is 0 Å². The first-order valence-electron chi connectivity index (χ1n) is 6.48. The van der Waals surface area contributed by atoms with E-state index in [1.54, 1.807) is 0 Å². The summed E-state index contributed by atoms with van der Waals surface area (Å²) in [6.45, 7) is 3.21. The highest BCUT2D eigenvalue weighted by atomic mass is 16.5. The second-order valence-electron chi connectivity index (χ2n) is 4.60. The van der Waals surface area contributed by atoms with E-state index in [1.165, 1.54) is 0 Å². The van der Waals surface area contributed by atoms with E-state index in [9.17, 15) is 4.79 Å². The van der Waals surface area contributed by atoms with Gasteiger partial charge in [-0.1, -0.05) is 12.1 Å². The Kier molecular flexibility index (Phi) is 4.20. The van der Waals surface area contributed by atoms with E-state index >= 15 is 0 Å². The van der Waals surface area contributed by atoms with Crippen molar-refractivity contribution < 1.29 is 9.53 Å². The Morgan fingerprint density at radius 1 is 1.44 bits per heavy atom. The van der Waals surface area contributed by atoms with Crippen molar-refractivity contribution in [2.45, 2.75) is 25.8 Å². The molecule has 3 N–H and O–H groups in total. The maximum Gasteiger partial charge on any atom is 0.310 e. The summed E-state index contributed by atoms with van der Waals surface area (Å²) in [7, 11) is 0. The Bertz CT molecular complexity index is 403. The number of hydrogen-bond donors (Lipinski definition) is 2. The molecule has 1 aliphatic rings. The van der Waals surface area contributed by atoms with E-state index in [0.29, 0.717) is 6.61 Å². The molecule has 1 aromatic rings. The molecular weight excluding hydrogens is 228 g/mol. The molecule has 4 nitrogen and oxygen atoms in total. The number of nitrogen functional groups attached to an aromatic ring is 1. The SMILES string of the molecule is CCOC(=O)C1CCCNC1c1ccc(N)cc1. The van der Waals surface area contributed by atoms with Gasteiger partial charge >= 0.3 is 5.97 Å². The summed E-state index contributed by atoms with van der Waals surface area (Å²) >= 11 is 0. The van der Waals surface area contributed by atoms with Crippen molar-refractivity contribution >= 4 is 11.7 Å². The van der Waals surface area contributed by atoms with E-state index in [2.05, 4.69) is 5.32 Å². The highest BCUT2D eigenvalue weighted by molar-refractivity contribution is 5.73. The van der Waals surface area contributed by atoms with Crippen molar-refractivity contribution in [2.24, 2.45) is 5.92 Å². The van der Waals surface area contributed by atoms with E-state index in [0.717, 1.165) is 30.6 Å². The van der Waals surface area contributed by atoms with Gasteiger partial charge in [0.05, 0.1) is 12.5 Å². The minimum atomic E-state index is -0.105. The summed E-state index contributed by atoms with van der Waals surface area (Å²) in [5.41, 5.74) is 7.52. The maximum atomic E-state index is 12.0. The third kappa shape index (κ3) is 2.82. The fourth-order valence-electron chi connectivity index (χ4n) is 2.45. The third-order valence-corrected chi connectivity index (χ3v) is 3.34. The fourth-order valence-corrected chi connectivity index (χ4v) is 2.45. The average Bonchev–Trinajstić information content (AvgIpc) is 2.40. The highest BCUT2D eigenvalue weighted by Gasteiger charge is 2.32. The van der Waals surface area contributed by atoms with Crippen molar-refractivity contribution in [1.82, 2.24) is 5.32 Å². The summed E-state index contributed by atoms with van der Waals surface area (Å²) in [5, 5.41) is 3.40. The maximum absolute atomic E-state index is 12.0. The first kappa shape index (κ1) is 12.9. The van der Waals surface area contributed by atoms with Crippen LogP contribution in [0.3, 0.4) is 0 Å². The van der Waals surface area contributed by atoms with Crippen LogP contribution in [0.4, 0.5) is 5.69 Å². The second-order valence-corrected chi connectivity index (χ2v) is 4.60. The number of nitrogens with one attached hydrogen (secondary N) is 1. The molecule has 1 saturated heterocycles. The van der Waals surface area contributed by atoms with Crippen molar-refractivity contribution in [3.63, 3.8) is 0 Å². The first-order chi connectivity index (χ1) is 8.72. The van der Waals surface area contributed by atoms with Gasteiger partial charge in [0.1, 0.15) is 0 Å². The highest BCUT2D eigenvalue weighted by Crippen LogP contribution is 2.30. The van der Waals surface area contributed by atoms with Crippen molar-refractivity contribution in [2.75, 3.05) is 18.9 Å². The quantitative estimate of drug-likeness (QED) is 0.633. The summed E-state index contributed by atoms with van der Waals surface area (Å²) in [4.78, 5) is 12.0. The number of hydrogen-bond acceptors (Lipinski definition) is 4. The number of anilines is 1. The zero-order valence-corrected chi connectivity index (χ0v) is 10.7. The van der Waals surface area contributed by atoms with Crippen LogP contribution in [0.25, 0.3) is 0 Å². The van der Waals surface area contributed by atoms with E-state index in [4.69, 9.17) is 10.5 Å². The van der Waals surface area contributed by atoms with E-state index in [-0.39, 0.29) is 17.9 Å². The van der Waals surface area contributed by atoms with Crippen LogP contribution in [0, 0.1) is 5.92 Å². The third-order valence-electron chi connectivity index (χ3n) is 3.34. The lowest BCUT2D eigenvalue weighted by molar-refractivity contribution is -0.150. The number of ether oxygens (including phenoxy) is 1. The van der Waals surface area contributed by atoms with E-state index < -0.39 is 0 Å². The van der Waals surface area contributed by atoms with Crippen LogP contribution >= 0.6 is 0 Å². The topological polar surface area (TPSA) is 64.3 Å². The number of esters is 1. The minimum Gasteiger partial charge on any atom is -0.466 e. The molecule has 1 fully saturated rings. The van der Waals surface area contributed by atoms with Gasteiger partial charge in [-0.2, -0.15) is 0 Å². The van der Waals surface area contributed by atoms with Crippen molar-refractivity contribution in [3.05, 3.63) is 29.8 Å². The van der Waals surface area contributed by atoms with Crippen LogP contribution in [0.15, 0.2) is 24.3 Å². The molecule has 0 aromatic heterocycles. The lowest BCUT2D eigenvalue weighted by atomic mass is 9.86. The first-order valence-corrected chi connectivity index (χ1v) is 6.48. The predicted molar refractivity (Wildman–Crippen MR) is 71.0 cm³/mol. The molecule has 1 aromatic carbocycles. The van der Waals surface area contributed by atoms with Crippen molar-refractivity contribution in [1.29, 1.82) is 0 Å². The monoisotopic (exact) mass is 248 g/mol. The van der Waals surface area contributed by atoms with Gasteiger partial charge in [-0.05, 0) is 44.0 Å². The Hall–Kier alpha value is -1.55. The number of carbonyl (C=O) groups excluding carboxylic acids is 1. The molecule has 18 heavy (non-hydrogen) atoms. The standard InChI is InChI=1S/C14H20N2O2/c1-2-18-14(17)12-4-3-9-16-13(12)10-5-7-11(15)8-6-10/h5-8,12-13,16H,2-4,9,15H2,1H3. The largest absolute Gasteiger partial charge is 0.466 e. The molecule has 0 radical (unpaired) electrons. The summed E-state index contributed by atoms with van der Waals surface area (Å²) < 4.78 is 5.15. The lowest BCUT2D eigenvalue weighted by Crippen LogP contribution is -2.39. The molecule has 4 heteroatoms. The van der Waals surface area contributed by atoms with Gasteiger partial charge in [0.15, 0.2) is 0 Å². The minimum absolute atomic E-state index is 0.0402. The molecule has 0 amide bonds. The van der Waals surface area contributed by atoms with Crippen LogP contribution < -0.4 is 11.1 Å². The van der Waals surface area contributed by atoms with Crippen LogP contribution in [0.2, 0.25) is 0 Å². The summed E-state index contributed by atoms with van der Waals surface area (Å²) in [6, 6.07) is 7.73. The molecule has 1 heterocycles. The molecule has 0 bridgehead atoms. The van der Waals surface area contributed by atoms with Crippen LogP contribution in [-0.4, -0.2) is 19.1 Å². The number of piperidine rings is 1. The Balaban J connectivity index is 2.17. The van der Waals surface area contributed by atoms with Gasteiger partial charge in [-0.25, -0.2) is 0 Å². The predicted octanol–water partition coefficient (Wildman–Crippen LogP) is 1.87. The van der Waals surface area contributed by atoms with Crippen LogP contribution in [-0.2, 0) is 9.53 Å². The zero-order chi connectivity index (χ0) is 13.0. The molecule has 98 valence electrons. The second kappa shape index (κ2) is 5.87. The van der Waals surface area contributed by atoms with Gasteiger partial charge in [0, 0.05) is 11.7 Å².